The zero-order valence-corrected chi connectivity index (χ0v) is 15.5. The highest BCUT2D eigenvalue weighted by Crippen LogP contribution is 2.14. The average Bonchev–Trinajstić information content (AvgIpc) is 2.58. The summed E-state index contributed by atoms with van der Waals surface area (Å²) in [5.74, 6) is -1.69. The molecule has 3 amide bonds. The highest BCUT2D eigenvalue weighted by Gasteiger charge is 2.22. The first-order valence-corrected chi connectivity index (χ1v) is 8.23. The van der Waals surface area contributed by atoms with Crippen LogP contribution in [0.4, 0.5) is 5.69 Å². The molecule has 2 N–H and O–H groups in total. The van der Waals surface area contributed by atoms with E-state index >= 15 is 0 Å². The summed E-state index contributed by atoms with van der Waals surface area (Å²) in [6.07, 6.45) is 0. The highest BCUT2D eigenvalue weighted by atomic mass is 16.5. The molecule has 8 nitrogen and oxygen atoms in total. The number of ether oxygens (including phenoxy) is 1. The molecule has 1 unspecified atom stereocenters. The van der Waals surface area contributed by atoms with E-state index < -0.39 is 11.9 Å². The third-order valence-electron chi connectivity index (χ3n) is 3.57. The van der Waals surface area contributed by atoms with E-state index in [9.17, 15) is 19.2 Å². The molecule has 1 rings (SSSR count). The average molecular weight is 363 g/mol. The van der Waals surface area contributed by atoms with Crippen molar-refractivity contribution in [3.8, 4) is 0 Å². The molecule has 0 aromatic heterocycles. The minimum atomic E-state index is -0.514. The maximum Gasteiger partial charge on any atom is 0.310 e. The maximum atomic E-state index is 12.9. The summed E-state index contributed by atoms with van der Waals surface area (Å²) >= 11 is 0. The largest absolute Gasteiger partial charge is 0.469 e. The van der Waals surface area contributed by atoms with Crippen LogP contribution in [0.2, 0.25) is 0 Å². The number of rotatable bonds is 8. The van der Waals surface area contributed by atoms with Gasteiger partial charge in [-0.1, -0.05) is 13.0 Å². The Morgan fingerprint density at radius 2 is 1.85 bits per heavy atom. The lowest BCUT2D eigenvalue weighted by Gasteiger charge is -2.25. The van der Waals surface area contributed by atoms with Gasteiger partial charge in [0.25, 0.3) is 5.91 Å². The summed E-state index contributed by atoms with van der Waals surface area (Å²) in [6, 6.07) is 6.53. The van der Waals surface area contributed by atoms with Gasteiger partial charge in [0.05, 0.1) is 13.0 Å². The Kier molecular flexibility index (Phi) is 8.27. The zero-order valence-electron chi connectivity index (χ0n) is 15.5. The van der Waals surface area contributed by atoms with E-state index in [1.54, 1.807) is 31.2 Å². The number of amides is 3. The van der Waals surface area contributed by atoms with E-state index in [1.807, 2.05) is 0 Å². The Bertz CT molecular complexity index is 675. The van der Waals surface area contributed by atoms with Crippen molar-refractivity contribution >= 4 is 29.4 Å². The number of esters is 1. The van der Waals surface area contributed by atoms with E-state index in [-0.39, 0.29) is 37.4 Å². The predicted octanol–water partition coefficient (Wildman–Crippen LogP) is 1.03. The molecule has 0 bridgehead atoms. The number of carbonyl (C=O) groups is 4. The summed E-state index contributed by atoms with van der Waals surface area (Å²) < 4.78 is 4.71. The van der Waals surface area contributed by atoms with Gasteiger partial charge in [0.15, 0.2) is 0 Å². The number of benzene rings is 1. The summed E-state index contributed by atoms with van der Waals surface area (Å²) in [5, 5.41) is 5.25. The molecule has 1 atom stereocenters. The van der Waals surface area contributed by atoms with Gasteiger partial charge in [-0.3, -0.25) is 19.2 Å². The Morgan fingerprint density at radius 1 is 1.15 bits per heavy atom. The molecule has 1 aromatic carbocycles. The summed E-state index contributed by atoms with van der Waals surface area (Å²) in [4.78, 5) is 48.3. The molecule has 0 aliphatic rings. The molecule has 8 heteroatoms. The van der Waals surface area contributed by atoms with Crippen LogP contribution in [0.15, 0.2) is 24.3 Å². The molecule has 0 aliphatic heterocycles. The lowest BCUT2D eigenvalue weighted by atomic mass is 10.1. The Hall–Kier alpha value is -2.90. The summed E-state index contributed by atoms with van der Waals surface area (Å²) in [7, 11) is 1.29. The predicted molar refractivity (Wildman–Crippen MR) is 96.5 cm³/mol. The minimum absolute atomic E-state index is 0.148. The molecule has 0 fully saturated rings. The molecule has 0 spiro atoms. The van der Waals surface area contributed by atoms with Gasteiger partial charge < -0.3 is 20.3 Å². The molecule has 0 saturated carbocycles. The van der Waals surface area contributed by atoms with Crippen LogP contribution >= 0.6 is 0 Å². The lowest BCUT2D eigenvalue weighted by molar-refractivity contribution is -0.145. The Balaban J connectivity index is 2.96. The number of methoxy groups -OCH3 is 1. The van der Waals surface area contributed by atoms with E-state index in [4.69, 9.17) is 4.74 Å². The fourth-order valence-corrected chi connectivity index (χ4v) is 2.36. The van der Waals surface area contributed by atoms with Crippen LogP contribution in [-0.2, 0) is 19.1 Å². The molecule has 1 aromatic rings. The van der Waals surface area contributed by atoms with Crippen LogP contribution in [0, 0.1) is 5.92 Å². The van der Waals surface area contributed by atoms with Crippen molar-refractivity contribution in [3.63, 3.8) is 0 Å². The zero-order chi connectivity index (χ0) is 19.7. The topological polar surface area (TPSA) is 105 Å². The quantitative estimate of drug-likeness (QED) is 0.671. The molecule has 0 saturated heterocycles. The number of hydrogen-bond donors (Lipinski definition) is 2. The van der Waals surface area contributed by atoms with E-state index in [2.05, 4.69) is 10.6 Å². The fourth-order valence-electron chi connectivity index (χ4n) is 2.36. The maximum absolute atomic E-state index is 12.9. The molecular weight excluding hydrogens is 338 g/mol. The number of carbonyl (C=O) groups excluding carboxylic acids is 4. The van der Waals surface area contributed by atoms with Gasteiger partial charge in [-0.15, -0.1) is 0 Å². The van der Waals surface area contributed by atoms with Gasteiger partial charge in [-0.2, -0.15) is 0 Å². The number of nitrogens with zero attached hydrogens (tertiary/aromatic N) is 1. The lowest BCUT2D eigenvalue weighted by Crippen LogP contribution is -2.41. The minimum Gasteiger partial charge on any atom is -0.469 e. The Morgan fingerprint density at radius 3 is 2.42 bits per heavy atom. The highest BCUT2D eigenvalue weighted by molar-refractivity contribution is 5.97. The van der Waals surface area contributed by atoms with Gasteiger partial charge in [-0.05, 0) is 18.2 Å². The van der Waals surface area contributed by atoms with Crippen molar-refractivity contribution in [1.82, 2.24) is 10.2 Å². The van der Waals surface area contributed by atoms with Crippen molar-refractivity contribution < 1.29 is 23.9 Å². The van der Waals surface area contributed by atoms with Gasteiger partial charge in [0.2, 0.25) is 11.8 Å². The second-order valence-corrected chi connectivity index (χ2v) is 5.92. The number of anilines is 1. The molecule has 0 radical (unpaired) electrons. The molecule has 0 heterocycles. The van der Waals surface area contributed by atoms with Gasteiger partial charge in [0.1, 0.15) is 0 Å². The third-order valence-corrected chi connectivity index (χ3v) is 3.57. The second-order valence-electron chi connectivity index (χ2n) is 5.92. The first-order valence-electron chi connectivity index (χ1n) is 8.23. The molecule has 0 aliphatic carbocycles. The van der Waals surface area contributed by atoms with Crippen LogP contribution in [-0.4, -0.2) is 55.3 Å². The summed E-state index contributed by atoms with van der Waals surface area (Å²) in [6.45, 7) is 5.09. The Labute approximate surface area is 152 Å². The van der Waals surface area contributed by atoms with Crippen LogP contribution in [0.3, 0.4) is 0 Å². The molecule has 142 valence electrons. The third kappa shape index (κ3) is 6.92. The summed E-state index contributed by atoms with van der Waals surface area (Å²) in [5.41, 5.74) is 0.877. The number of nitrogens with one attached hydrogen (secondary N) is 2. The van der Waals surface area contributed by atoms with Crippen molar-refractivity contribution in [2.24, 2.45) is 5.92 Å². The van der Waals surface area contributed by atoms with Crippen molar-refractivity contribution in [3.05, 3.63) is 29.8 Å². The van der Waals surface area contributed by atoms with Crippen molar-refractivity contribution in [1.29, 1.82) is 0 Å². The van der Waals surface area contributed by atoms with Crippen LogP contribution in [0.25, 0.3) is 0 Å². The van der Waals surface area contributed by atoms with E-state index in [1.165, 1.54) is 25.9 Å². The normalized spacial score (nSPS) is 11.2. The fraction of sp³-hybridized carbons (Fsp3) is 0.444. The van der Waals surface area contributed by atoms with E-state index in [0.29, 0.717) is 11.3 Å². The van der Waals surface area contributed by atoms with Gasteiger partial charge >= 0.3 is 5.97 Å². The van der Waals surface area contributed by atoms with E-state index in [0.717, 1.165) is 0 Å². The van der Waals surface area contributed by atoms with Gasteiger partial charge in [0, 0.05) is 44.7 Å². The standard InChI is InChI=1S/C18H25N3O5/c1-12(18(25)26-4)11-21(9-8-19-13(2)22)17(24)15-6-5-7-16(10-15)20-14(3)23/h5-7,10,12H,8-9,11H2,1-4H3,(H,19,22)(H,20,23). The second kappa shape index (κ2) is 10.2. The first kappa shape index (κ1) is 21.1. The van der Waals surface area contributed by atoms with Crippen LogP contribution < -0.4 is 10.6 Å². The molecular formula is C18H25N3O5. The molecule has 26 heavy (non-hydrogen) atoms. The van der Waals surface area contributed by atoms with Crippen LogP contribution in [0.1, 0.15) is 31.1 Å². The number of hydrogen-bond acceptors (Lipinski definition) is 5. The van der Waals surface area contributed by atoms with Crippen LogP contribution in [0.5, 0.6) is 0 Å². The van der Waals surface area contributed by atoms with Crippen molar-refractivity contribution in [2.45, 2.75) is 20.8 Å². The SMILES string of the molecule is COC(=O)C(C)CN(CCNC(C)=O)C(=O)c1cccc(NC(C)=O)c1. The first-order chi connectivity index (χ1) is 12.2. The van der Waals surface area contributed by atoms with Gasteiger partial charge in [-0.25, -0.2) is 0 Å². The van der Waals surface area contributed by atoms with Crippen molar-refractivity contribution in [2.75, 3.05) is 32.1 Å². The monoisotopic (exact) mass is 363 g/mol. The smallest absolute Gasteiger partial charge is 0.310 e.